The number of ether oxygens (including phenoxy) is 1. The van der Waals surface area contributed by atoms with E-state index in [1.54, 1.807) is 12.1 Å². The number of rotatable bonds is 1. The van der Waals surface area contributed by atoms with Crippen LogP contribution in [0.1, 0.15) is 5.56 Å². The molecule has 1 fully saturated rings. The molecular formula is C11H12FNO2. The maximum absolute atomic E-state index is 13.6. The fourth-order valence-electron chi connectivity index (χ4n) is 1.60. The molecule has 1 aliphatic heterocycles. The molecule has 1 aliphatic rings. The summed E-state index contributed by atoms with van der Waals surface area (Å²) < 4.78 is 18.6. The highest BCUT2D eigenvalue weighted by Crippen LogP contribution is 2.21. The van der Waals surface area contributed by atoms with Crippen LogP contribution in [-0.4, -0.2) is 25.7 Å². The first kappa shape index (κ1) is 10.1. The number of aryl methyl sites for hydroxylation is 1. The highest BCUT2D eigenvalue weighted by molar-refractivity contribution is 5.94. The number of amides is 1. The smallest absolute Gasteiger partial charge is 0.253 e. The Hall–Kier alpha value is -1.42. The monoisotopic (exact) mass is 209 g/mol. The predicted octanol–water partition coefficient (Wildman–Crippen LogP) is 1.50. The number of hydrogen-bond donors (Lipinski definition) is 0. The Bertz CT molecular complexity index is 392. The molecule has 0 atom stereocenters. The van der Waals surface area contributed by atoms with E-state index in [-0.39, 0.29) is 18.3 Å². The summed E-state index contributed by atoms with van der Waals surface area (Å²) in [5.74, 6) is -0.547. The molecule has 0 bridgehead atoms. The Morgan fingerprint density at radius 2 is 2.27 bits per heavy atom. The van der Waals surface area contributed by atoms with Gasteiger partial charge >= 0.3 is 0 Å². The van der Waals surface area contributed by atoms with Gasteiger partial charge in [-0.15, -0.1) is 0 Å². The zero-order chi connectivity index (χ0) is 10.8. The number of benzene rings is 1. The molecule has 15 heavy (non-hydrogen) atoms. The number of hydrogen-bond acceptors (Lipinski definition) is 2. The van der Waals surface area contributed by atoms with Gasteiger partial charge < -0.3 is 9.64 Å². The molecule has 0 unspecified atom stereocenters. The number of anilines is 1. The minimum atomic E-state index is -0.356. The lowest BCUT2D eigenvalue weighted by Crippen LogP contribution is -2.42. The fourth-order valence-corrected chi connectivity index (χ4v) is 1.60. The zero-order valence-electron chi connectivity index (χ0n) is 8.50. The first-order chi connectivity index (χ1) is 7.18. The van der Waals surface area contributed by atoms with Crippen LogP contribution in [0.3, 0.4) is 0 Å². The second-order valence-corrected chi connectivity index (χ2v) is 3.55. The topological polar surface area (TPSA) is 29.5 Å². The standard InChI is InChI=1S/C11H12FNO2/c1-8-2-3-10(9(12)6-8)13-4-5-15-7-11(13)14/h2-3,6H,4-5,7H2,1H3. The third-order valence-corrected chi connectivity index (χ3v) is 2.38. The Morgan fingerprint density at radius 1 is 1.47 bits per heavy atom. The number of nitrogens with zero attached hydrogens (tertiary/aromatic N) is 1. The van der Waals surface area contributed by atoms with Crippen LogP contribution < -0.4 is 4.90 Å². The molecule has 2 rings (SSSR count). The molecule has 0 saturated carbocycles. The van der Waals surface area contributed by atoms with E-state index < -0.39 is 0 Å². The lowest BCUT2D eigenvalue weighted by molar-refractivity contribution is -0.125. The molecule has 1 heterocycles. The van der Waals surface area contributed by atoms with Crippen LogP contribution in [-0.2, 0) is 9.53 Å². The molecule has 0 aromatic heterocycles. The van der Waals surface area contributed by atoms with Crippen molar-refractivity contribution in [2.24, 2.45) is 0 Å². The van der Waals surface area contributed by atoms with Gasteiger partial charge in [-0.1, -0.05) is 6.07 Å². The molecule has 0 spiro atoms. The van der Waals surface area contributed by atoms with Gasteiger partial charge in [-0.3, -0.25) is 4.79 Å². The Balaban J connectivity index is 2.31. The van der Waals surface area contributed by atoms with Crippen LogP contribution in [0.2, 0.25) is 0 Å². The summed E-state index contributed by atoms with van der Waals surface area (Å²) in [5.41, 5.74) is 1.19. The Labute approximate surface area is 87.5 Å². The zero-order valence-corrected chi connectivity index (χ0v) is 8.50. The molecular weight excluding hydrogens is 197 g/mol. The van der Waals surface area contributed by atoms with E-state index in [0.717, 1.165) is 5.56 Å². The van der Waals surface area contributed by atoms with Gasteiger partial charge in [-0.05, 0) is 24.6 Å². The minimum absolute atomic E-state index is 0.0350. The molecule has 1 amide bonds. The van der Waals surface area contributed by atoms with Crippen LogP contribution in [0.5, 0.6) is 0 Å². The lowest BCUT2D eigenvalue weighted by Gasteiger charge is -2.27. The highest BCUT2D eigenvalue weighted by atomic mass is 19.1. The van der Waals surface area contributed by atoms with E-state index in [1.807, 2.05) is 6.92 Å². The third kappa shape index (κ3) is 1.99. The summed E-state index contributed by atoms with van der Waals surface area (Å²) in [6.45, 7) is 2.72. The van der Waals surface area contributed by atoms with Gasteiger partial charge in [0.2, 0.25) is 0 Å². The largest absolute Gasteiger partial charge is 0.370 e. The first-order valence-corrected chi connectivity index (χ1v) is 4.83. The average Bonchev–Trinajstić information content (AvgIpc) is 2.20. The maximum Gasteiger partial charge on any atom is 0.253 e. The second kappa shape index (κ2) is 3.98. The molecule has 1 aromatic carbocycles. The predicted molar refractivity (Wildman–Crippen MR) is 54.3 cm³/mol. The van der Waals surface area contributed by atoms with Gasteiger partial charge in [-0.25, -0.2) is 4.39 Å². The highest BCUT2D eigenvalue weighted by Gasteiger charge is 2.22. The average molecular weight is 209 g/mol. The van der Waals surface area contributed by atoms with Gasteiger partial charge in [0.25, 0.3) is 5.91 Å². The van der Waals surface area contributed by atoms with Crippen molar-refractivity contribution < 1.29 is 13.9 Å². The van der Waals surface area contributed by atoms with Crippen molar-refractivity contribution in [1.82, 2.24) is 0 Å². The van der Waals surface area contributed by atoms with Crippen molar-refractivity contribution in [3.05, 3.63) is 29.6 Å². The van der Waals surface area contributed by atoms with Crippen LogP contribution in [0.15, 0.2) is 18.2 Å². The lowest BCUT2D eigenvalue weighted by atomic mass is 10.2. The van der Waals surface area contributed by atoms with Gasteiger partial charge in [0.05, 0.1) is 12.3 Å². The van der Waals surface area contributed by atoms with Crippen LogP contribution in [0.4, 0.5) is 10.1 Å². The van der Waals surface area contributed by atoms with Gasteiger partial charge in [0, 0.05) is 6.54 Å². The van der Waals surface area contributed by atoms with Crippen molar-refractivity contribution in [3.8, 4) is 0 Å². The van der Waals surface area contributed by atoms with Crippen molar-refractivity contribution in [2.45, 2.75) is 6.92 Å². The van der Waals surface area contributed by atoms with Crippen molar-refractivity contribution >= 4 is 11.6 Å². The molecule has 0 aliphatic carbocycles. The van der Waals surface area contributed by atoms with E-state index in [9.17, 15) is 9.18 Å². The van der Waals surface area contributed by atoms with Crippen molar-refractivity contribution in [1.29, 1.82) is 0 Å². The van der Waals surface area contributed by atoms with Crippen LogP contribution >= 0.6 is 0 Å². The van der Waals surface area contributed by atoms with Crippen LogP contribution in [0, 0.1) is 12.7 Å². The third-order valence-electron chi connectivity index (χ3n) is 2.38. The van der Waals surface area contributed by atoms with Crippen molar-refractivity contribution in [3.63, 3.8) is 0 Å². The Kier molecular flexibility index (Phi) is 2.68. The molecule has 0 N–H and O–H groups in total. The van der Waals surface area contributed by atoms with E-state index in [2.05, 4.69) is 0 Å². The molecule has 4 heteroatoms. The summed E-state index contributed by atoms with van der Waals surface area (Å²) in [6.07, 6.45) is 0. The normalized spacial score (nSPS) is 16.9. The van der Waals surface area contributed by atoms with Gasteiger partial charge in [-0.2, -0.15) is 0 Å². The molecule has 0 radical (unpaired) electrons. The molecule has 1 aromatic rings. The first-order valence-electron chi connectivity index (χ1n) is 4.83. The van der Waals surface area contributed by atoms with E-state index >= 15 is 0 Å². The molecule has 1 saturated heterocycles. The quantitative estimate of drug-likeness (QED) is 0.701. The van der Waals surface area contributed by atoms with Crippen molar-refractivity contribution in [2.75, 3.05) is 24.7 Å². The summed E-state index contributed by atoms with van der Waals surface area (Å²) >= 11 is 0. The van der Waals surface area contributed by atoms with E-state index in [4.69, 9.17) is 4.74 Å². The number of carbonyl (C=O) groups excluding carboxylic acids is 1. The fraction of sp³-hybridized carbons (Fsp3) is 0.364. The maximum atomic E-state index is 13.6. The second-order valence-electron chi connectivity index (χ2n) is 3.55. The van der Waals surface area contributed by atoms with Gasteiger partial charge in [0.15, 0.2) is 0 Å². The Morgan fingerprint density at radius 3 is 2.93 bits per heavy atom. The summed E-state index contributed by atoms with van der Waals surface area (Å²) in [4.78, 5) is 12.9. The summed E-state index contributed by atoms with van der Waals surface area (Å²) in [6, 6.07) is 4.85. The number of morpholine rings is 1. The summed E-state index contributed by atoms with van der Waals surface area (Å²) in [5, 5.41) is 0. The molecule has 3 nitrogen and oxygen atoms in total. The number of halogens is 1. The van der Waals surface area contributed by atoms with Crippen LogP contribution in [0.25, 0.3) is 0 Å². The van der Waals surface area contributed by atoms with E-state index in [0.29, 0.717) is 18.8 Å². The molecule has 80 valence electrons. The number of carbonyl (C=O) groups is 1. The summed E-state index contributed by atoms with van der Waals surface area (Å²) in [7, 11) is 0. The SMILES string of the molecule is Cc1ccc(N2CCOCC2=O)c(F)c1. The van der Waals surface area contributed by atoms with E-state index in [1.165, 1.54) is 11.0 Å². The minimum Gasteiger partial charge on any atom is -0.370 e. The van der Waals surface area contributed by atoms with Gasteiger partial charge in [0.1, 0.15) is 12.4 Å².